The Morgan fingerprint density at radius 1 is 0.333 bits per heavy atom. The van der Waals surface area contributed by atoms with Gasteiger partial charge in [0.15, 0.2) is 0 Å². The summed E-state index contributed by atoms with van der Waals surface area (Å²) in [6, 6.07) is 77.6. The molecule has 3 N–H and O–H groups in total. The number of furan rings is 1. The number of benzene rings is 11. The lowest BCUT2D eigenvalue weighted by Crippen LogP contribution is -2.54. The Morgan fingerprint density at radius 3 is 1.73 bits per heavy atom. The molecular formula is C61H41N3OS. The molecule has 3 unspecified atom stereocenters. The van der Waals surface area contributed by atoms with E-state index in [-0.39, 0.29) is 18.5 Å². The summed E-state index contributed by atoms with van der Waals surface area (Å²) in [6.45, 7) is 0. The van der Waals surface area contributed by atoms with Crippen LogP contribution in [0, 0.1) is 0 Å². The highest BCUT2D eigenvalue weighted by Gasteiger charge is 2.31. The Balaban J connectivity index is 0.929. The van der Waals surface area contributed by atoms with Crippen molar-refractivity contribution in [1.82, 2.24) is 16.0 Å². The number of fused-ring (bicyclic) bond motifs is 11. The zero-order valence-electron chi connectivity index (χ0n) is 35.8. The smallest absolute Gasteiger partial charge is 0.143 e. The Morgan fingerprint density at radius 2 is 0.894 bits per heavy atom. The van der Waals surface area contributed by atoms with Gasteiger partial charge in [-0.15, -0.1) is 11.3 Å². The predicted octanol–water partition coefficient (Wildman–Crippen LogP) is 16.1. The molecule has 0 saturated carbocycles. The average molecular weight is 864 g/mol. The van der Waals surface area contributed by atoms with Crippen molar-refractivity contribution in [3.8, 4) is 22.3 Å². The first-order chi connectivity index (χ1) is 32.7. The van der Waals surface area contributed by atoms with Crippen LogP contribution in [0.1, 0.15) is 35.2 Å². The molecule has 1 aliphatic heterocycles. The molecule has 0 amide bonds. The van der Waals surface area contributed by atoms with Crippen LogP contribution < -0.4 is 16.0 Å². The van der Waals surface area contributed by atoms with Gasteiger partial charge in [0.2, 0.25) is 0 Å². The number of hydrogen-bond donors (Lipinski definition) is 3. The summed E-state index contributed by atoms with van der Waals surface area (Å²) in [5, 5.41) is 26.7. The summed E-state index contributed by atoms with van der Waals surface area (Å²) < 4.78 is 9.55. The van der Waals surface area contributed by atoms with Crippen LogP contribution in [0.25, 0.3) is 107 Å². The fraction of sp³-hybridized carbons (Fsp3) is 0.0492. The first kappa shape index (κ1) is 37.7. The Bertz CT molecular complexity index is 4090. The third-order valence-electron chi connectivity index (χ3n) is 13.9. The second-order valence-electron chi connectivity index (χ2n) is 17.7. The summed E-state index contributed by atoms with van der Waals surface area (Å²) in [7, 11) is 0. The molecule has 0 bridgehead atoms. The van der Waals surface area contributed by atoms with Crippen molar-refractivity contribution in [2.75, 3.05) is 0 Å². The summed E-state index contributed by atoms with van der Waals surface area (Å²) in [5.41, 5.74) is 9.97. The van der Waals surface area contributed by atoms with Crippen LogP contribution in [0.5, 0.6) is 0 Å². The summed E-state index contributed by atoms with van der Waals surface area (Å²) >= 11 is 1.86. The third kappa shape index (κ3) is 6.02. The Labute approximate surface area is 384 Å². The van der Waals surface area contributed by atoms with E-state index >= 15 is 0 Å². The summed E-state index contributed by atoms with van der Waals surface area (Å²) in [4.78, 5) is 0. The Kier molecular flexibility index (Phi) is 8.55. The molecule has 3 atom stereocenters. The minimum atomic E-state index is -0.201. The largest absolute Gasteiger partial charge is 0.455 e. The van der Waals surface area contributed by atoms with Gasteiger partial charge in [0, 0.05) is 42.1 Å². The standard InChI is InChI=1S/C61H41N3OS/c1-2-14-39-32-41(30-26-36(39)12-1)59-62-60(42-31-29-38-28-27-37-13-3-5-16-44(37)52(38)34-42)64-61(63-59)43-33-40-15-4-6-17-45(40)53(35-43)47-19-11-24-54-56(47)51-23-9-20-48(57(51)65-54)50-22-10-21-49-46-18-7-8-25-55(46)66-58(49)50/h1-35,59-64H. The van der Waals surface area contributed by atoms with E-state index in [2.05, 4.69) is 228 Å². The lowest BCUT2D eigenvalue weighted by atomic mass is 9.91. The molecule has 14 rings (SSSR count). The molecule has 0 radical (unpaired) electrons. The molecule has 11 aromatic carbocycles. The fourth-order valence-electron chi connectivity index (χ4n) is 10.8. The van der Waals surface area contributed by atoms with Crippen molar-refractivity contribution >= 4 is 96.5 Å². The van der Waals surface area contributed by atoms with Gasteiger partial charge in [0.1, 0.15) is 11.2 Å². The first-order valence-corrected chi connectivity index (χ1v) is 23.6. The number of thiophene rings is 1. The molecule has 3 heterocycles. The van der Waals surface area contributed by atoms with Crippen LogP contribution in [0.4, 0.5) is 0 Å². The van der Waals surface area contributed by atoms with Gasteiger partial charge in [-0.05, 0) is 107 Å². The van der Waals surface area contributed by atoms with Crippen molar-refractivity contribution in [1.29, 1.82) is 0 Å². The maximum absolute atomic E-state index is 6.97. The normalized spacial score (nSPS) is 16.8. The second kappa shape index (κ2) is 15.0. The molecule has 4 nitrogen and oxygen atoms in total. The second-order valence-corrected chi connectivity index (χ2v) is 18.8. The molecule has 5 heteroatoms. The average Bonchev–Trinajstić information content (AvgIpc) is 3.97. The third-order valence-corrected chi connectivity index (χ3v) is 15.2. The van der Waals surface area contributed by atoms with Crippen LogP contribution >= 0.6 is 11.3 Å². The van der Waals surface area contributed by atoms with Crippen LogP contribution in [0.3, 0.4) is 0 Å². The molecule has 1 saturated heterocycles. The highest BCUT2D eigenvalue weighted by atomic mass is 32.1. The zero-order chi connectivity index (χ0) is 43.3. The number of hydrogen-bond acceptors (Lipinski definition) is 5. The maximum Gasteiger partial charge on any atom is 0.143 e. The zero-order valence-corrected chi connectivity index (χ0v) is 36.6. The molecule has 66 heavy (non-hydrogen) atoms. The van der Waals surface area contributed by atoms with E-state index in [1.807, 2.05) is 11.3 Å². The number of rotatable bonds is 5. The van der Waals surface area contributed by atoms with Crippen LogP contribution in [0.2, 0.25) is 0 Å². The van der Waals surface area contributed by atoms with Gasteiger partial charge >= 0.3 is 0 Å². The molecule has 13 aromatic rings. The minimum Gasteiger partial charge on any atom is -0.455 e. The van der Waals surface area contributed by atoms with E-state index in [4.69, 9.17) is 4.42 Å². The van der Waals surface area contributed by atoms with E-state index in [1.54, 1.807) is 0 Å². The topological polar surface area (TPSA) is 49.2 Å². The first-order valence-electron chi connectivity index (χ1n) is 22.7. The van der Waals surface area contributed by atoms with Crippen LogP contribution in [0.15, 0.2) is 217 Å². The number of para-hydroxylation sites is 1. The van der Waals surface area contributed by atoms with Gasteiger partial charge < -0.3 is 4.42 Å². The van der Waals surface area contributed by atoms with Gasteiger partial charge in [0.25, 0.3) is 0 Å². The number of nitrogens with one attached hydrogen (secondary N) is 3. The van der Waals surface area contributed by atoms with Gasteiger partial charge in [-0.25, -0.2) is 0 Å². The highest BCUT2D eigenvalue weighted by molar-refractivity contribution is 7.26. The molecule has 1 fully saturated rings. The lowest BCUT2D eigenvalue weighted by molar-refractivity contribution is 0.203. The monoisotopic (exact) mass is 863 g/mol. The van der Waals surface area contributed by atoms with Crippen molar-refractivity contribution in [3.05, 3.63) is 229 Å². The van der Waals surface area contributed by atoms with Crippen molar-refractivity contribution in [2.45, 2.75) is 18.5 Å². The van der Waals surface area contributed by atoms with E-state index in [9.17, 15) is 0 Å². The van der Waals surface area contributed by atoms with Gasteiger partial charge in [-0.1, -0.05) is 176 Å². The summed E-state index contributed by atoms with van der Waals surface area (Å²) in [5.74, 6) is 0. The fourth-order valence-corrected chi connectivity index (χ4v) is 12.0. The summed E-state index contributed by atoms with van der Waals surface area (Å²) in [6.07, 6.45) is -0.502. The van der Waals surface area contributed by atoms with Crippen LogP contribution in [-0.4, -0.2) is 0 Å². The SMILES string of the molecule is c1ccc2cc(C3NC(c4cc(-c5cccc6oc7c(-c8cccc9c8sc8ccccc89)cccc7c56)c5ccccc5c4)NC(c4ccc5ccc6ccccc6c5c4)N3)ccc2c1. The molecule has 312 valence electrons. The van der Waals surface area contributed by atoms with Crippen molar-refractivity contribution in [2.24, 2.45) is 0 Å². The van der Waals surface area contributed by atoms with Crippen molar-refractivity contribution in [3.63, 3.8) is 0 Å². The van der Waals surface area contributed by atoms with Gasteiger partial charge in [-0.3, -0.25) is 16.0 Å². The predicted molar refractivity (Wildman–Crippen MR) is 278 cm³/mol. The van der Waals surface area contributed by atoms with E-state index in [0.29, 0.717) is 0 Å². The van der Waals surface area contributed by atoms with Gasteiger partial charge in [0.05, 0.1) is 18.5 Å². The minimum absolute atomic E-state index is 0.144. The van der Waals surface area contributed by atoms with Crippen molar-refractivity contribution < 1.29 is 4.42 Å². The maximum atomic E-state index is 6.97. The van der Waals surface area contributed by atoms with Gasteiger partial charge in [-0.2, -0.15) is 0 Å². The molecule has 0 aliphatic carbocycles. The van der Waals surface area contributed by atoms with E-state index < -0.39 is 0 Å². The highest BCUT2D eigenvalue weighted by Crippen LogP contribution is 2.46. The molecule has 2 aromatic heterocycles. The molecule has 1 aliphatic rings. The van der Waals surface area contributed by atoms with E-state index in [0.717, 1.165) is 38.6 Å². The van der Waals surface area contributed by atoms with E-state index in [1.165, 1.54) is 85.5 Å². The van der Waals surface area contributed by atoms with Crippen LogP contribution in [-0.2, 0) is 0 Å². The quantitative estimate of drug-likeness (QED) is 0.151. The Hall–Kier alpha value is -7.64. The lowest BCUT2D eigenvalue weighted by Gasteiger charge is -2.40. The molecule has 0 spiro atoms. The molecular weight excluding hydrogens is 823 g/mol.